The van der Waals surface area contributed by atoms with E-state index in [9.17, 15) is 29.2 Å². The Labute approximate surface area is 339 Å². The maximum Gasteiger partial charge on any atom is 0.255 e. The molecule has 4 N–H and O–H groups in total. The standard InChI is InChI=1S/C41H43N11O7/c1-3-30-36-29(18-42)45-22-51(36)32-19-44-41(49-37(32)52(30)24-7-4-5-8-24)47-28-12-11-23(17-33(28)58-2)38(55)43-15-16-59-21-35(54)46-27-10-6-9-25-26(27)20-50(40(25)57)31-13-14-34(53)48-39(31)56/h6,9-12,17,19,22,24,30-31H,3-5,7-8,13-16,20-21H2,1-2H3,(H,43,55)(H,46,54)(H,44,47,49)(H,48,53,56)/t30-,31?/m1/s1. The lowest BCUT2D eigenvalue weighted by atomic mass is 10.0. The molecule has 4 aromatic rings. The number of fused-ring (bicyclic) bond motifs is 4. The monoisotopic (exact) mass is 801 g/mol. The number of imide groups is 1. The number of benzene rings is 2. The first-order chi connectivity index (χ1) is 28.7. The van der Waals surface area contributed by atoms with E-state index in [2.05, 4.69) is 49.1 Å². The Morgan fingerprint density at radius 2 is 1.90 bits per heavy atom. The van der Waals surface area contributed by atoms with Gasteiger partial charge in [-0.05, 0) is 56.0 Å². The lowest BCUT2D eigenvalue weighted by molar-refractivity contribution is -0.137. The predicted molar refractivity (Wildman–Crippen MR) is 212 cm³/mol. The number of aromatic nitrogens is 4. The van der Waals surface area contributed by atoms with Crippen LogP contribution in [0.3, 0.4) is 0 Å². The van der Waals surface area contributed by atoms with Crippen LogP contribution in [-0.2, 0) is 25.7 Å². The molecule has 1 saturated carbocycles. The van der Waals surface area contributed by atoms with Gasteiger partial charge in [-0.2, -0.15) is 10.2 Å². The summed E-state index contributed by atoms with van der Waals surface area (Å²) in [4.78, 5) is 80.7. The van der Waals surface area contributed by atoms with E-state index in [0.717, 1.165) is 49.3 Å². The third kappa shape index (κ3) is 7.52. The molecule has 2 aromatic heterocycles. The summed E-state index contributed by atoms with van der Waals surface area (Å²) in [6.07, 6.45) is 8.89. The highest BCUT2D eigenvalue weighted by atomic mass is 16.5. The predicted octanol–water partition coefficient (Wildman–Crippen LogP) is 3.65. The minimum Gasteiger partial charge on any atom is -0.495 e. The average Bonchev–Trinajstić information content (AvgIpc) is 4.00. The van der Waals surface area contributed by atoms with Crippen molar-refractivity contribution in [2.75, 3.05) is 42.4 Å². The number of anilines is 4. The number of hydrogen-bond acceptors (Lipinski definition) is 13. The van der Waals surface area contributed by atoms with Crippen molar-refractivity contribution in [3.8, 4) is 17.5 Å². The van der Waals surface area contributed by atoms with E-state index in [1.165, 1.54) is 12.0 Å². The molecule has 0 bridgehead atoms. The number of carbonyl (C=O) groups excluding carboxylic acids is 5. The summed E-state index contributed by atoms with van der Waals surface area (Å²) in [5.41, 5.74) is 4.32. The van der Waals surface area contributed by atoms with Gasteiger partial charge in [0.25, 0.3) is 11.8 Å². The molecule has 2 atom stereocenters. The average molecular weight is 802 g/mol. The van der Waals surface area contributed by atoms with Crippen LogP contribution in [-0.4, -0.2) is 92.9 Å². The second kappa shape index (κ2) is 16.5. The summed E-state index contributed by atoms with van der Waals surface area (Å²) in [6.45, 7) is 2.10. The topological polar surface area (TPSA) is 226 Å². The Hall–Kier alpha value is -6.87. The molecule has 3 aliphatic heterocycles. The van der Waals surface area contributed by atoms with Gasteiger partial charge in [-0.1, -0.05) is 25.8 Å². The molecule has 304 valence electrons. The summed E-state index contributed by atoms with van der Waals surface area (Å²) >= 11 is 0. The summed E-state index contributed by atoms with van der Waals surface area (Å²) in [5.74, 6) is -0.531. The minimum absolute atomic E-state index is 0.0510. The number of nitrogens with zero attached hydrogens (tertiary/aromatic N) is 7. The van der Waals surface area contributed by atoms with Gasteiger partial charge in [-0.3, -0.25) is 33.9 Å². The van der Waals surface area contributed by atoms with Crippen molar-refractivity contribution in [1.82, 2.24) is 35.1 Å². The number of piperidine rings is 1. The number of rotatable bonds is 13. The highest BCUT2D eigenvalue weighted by molar-refractivity contribution is 6.07. The summed E-state index contributed by atoms with van der Waals surface area (Å²) < 4.78 is 13.1. The van der Waals surface area contributed by atoms with Crippen molar-refractivity contribution in [1.29, 1.82) is 5.26 Å². The van der Waals surface area contributed by atoms with Gasteiger partial charge in [0.2, 0.25) is 23.7 Å². The number of nitrogens with one attached hydrogen (secondary N) is 4. The van der Waals surface area contributed by atoms with Crippen LogP contribution in [0, 0.1) is 11.3 Å². The molecular formula is C41H43N11O7. The molecule has 5 heterocycles. The first-order valence-corrected chi connectivity index (χ1v) is 19.7. The Kier molecular flexibility index (Phi) is 10.9. The molecule has 1 aliphatic carbocycles. The largest absolute Gasteiger partial charge is 0.495 e. The lowest BCUT2D eigenvalue weighted by Crippen LogP contribution is -2.52. The van der Waals surface area contributed by atoms with Crippen LogP contribution in [0.2, 0.25) is 0 Å². The molecule has 5 amide bonds. The second-order valence-corrected chi connectivity index (χ2v) is 14.8. The normalized spacial score (nSPS) is 18.4. The smallest absolute Gasteiger partial charge is 0.255 e. The van der Waals surface area contributed by atoms with Crippen molar-refractivity contribution in [2.24, 2.45) is 0 Å². The van der Waals surface area contributed by atoms with Gasteiger partial charge in [0.15, 0.2) is 11.5 Å². The van der Waals surface area contributed by atoms with Gasteiger partial charge in [-0.25, -0.2) is 9.97 Å². The van der Waals surface area contributed by atoms with Crippen LogP contribution in [0.25, 0.3) is 5.69 Å². The first-order valence-electron chi connectivity index (χ1n) is 19.7. The summed E-state index contributed by atoms with van der Waals surface area (Å²) in [6, 6.07) is 11.6. The van der Waals surface area contributed by atoms with E-state index in [-0.39, 0.29) is 69.0 Å². The number of carbonyl (C=O) groups is 5. The van der Waals surface area contributed by atoms with Gasteiger partial charge in [0.1, 0.15) is 36.5 Å². The van der Waals surface area contributed by atoms with Crippen molar-refractivity contribution in [2.45, 2.75) is 76.5 Å². The van der Waals surface area contributed by atoms with Crippen LogP contribution in [0.15, 0.2) is 48.9 Å². The van der Waals surface area contributed by atoms with Crippen molar-refractivity contribution in [3.05, 3.63) is 77.0 Å². The molecule has 18 nitrogen and oxygen atoms in total. The molecule has 18 heteroatoms. The Balaban J connectivity index is 0.857. The Morgan fingerprint density at radius 1 is 1.07 bits per heavy atom. The summed E-state index contributed by atoms with van der Waals surface area (Å²) in [5, 5.41) is 20.9. The molecule has 4 aliphatic rings. The van der Waals surface area contributed by atoms with Crippen LogP contribution in [0.4, 0.5) is 23.1 Å². The van der Waals surface area contributed by atoms with Gasteiger partial charge >= 0.3 is 0 Å². The SMILES string of the molecule is CC[C@@H]1c2c(C#N)ncn2-c2cnc(Nc3ccc(C(=O)NCCOCC(=O)Nc4cccc5c4CN(C4CCC(=O)NC4=O)C5=O)cc3OC)nc2N1C1CCCC1. The second-order valence-electron chi connectivity index (χ2n) is 14.8. The number of hydrogen-bond donors (Lipinski definition) is 4. The molecule has 0 spiro atoms. The summed E-state index contributed by atoms with van der Waals surface area (Å²) in [7, 11) is 1.51. The van der Waals surface area contributed by atoms with E-state index in [0.29, 0.717) is 45.5 Å². The Morgan fingerprint density at radius 3 is 2.66 bits per heavy atom. The molecule has 2 fully saturated rings. The third-order valence-electron chi connectivity index (χ3n) is 11.3. The zero-order chi connectivity index (χ0) is 41.2. The molecule has 8 rings (SSSR count). The van der Waals surface area contributed by atoms with E-state index < -0.39 is 17.9 Å². The minimum atomic E-state index is -0.767. The van der Waals surface area contributed by atoms with E-state index >= 15 is 0 Å². The molecule has 1 saturated heterocycles. The maximum absolute atomic E-state index is 13.1. The molecule has 0 radical (unpaired) electrons. The third-order valence-corrected chi connectivity index (χ3v) is 11.3. The van der Waals surface area contributed by atoms with E-state index in [4.69, 9.17) is 14.5 Å². The van der Waals surface area contributed by atoms with Crippen LogP contribution < -0.4 is 30.9 Å². The van der Waals surface area contributed by atoms with Gasteiger partial charge in [0, 0.05) is 47.9 Å². The van der Waals surface area contributed by atoms with Crippen molar-refractivity contribution < 1.29 is 33.4 Å². The number of methoxy groups -OCH3 is 1. The number of nitriles is 1. The molecular weight excluding hydrogens is 759 g/mol. The van der Waals surface area contributed by atoms with Gasteiger partial charge < -0.3 is 35.2 Å². The number of amides is 5. The zero-order valence-corrected chi connectivity index (χ0v) is 32.6. The number of ether oxygens (including phenoxy) is 2. The van der Waals surface area contributed by atoms with Crippen molar-refractivity contribution in [3.63, 3.8) is 0 Å². The maximum atomic E-state index is 13.1. The van der Waals surface area contributed by atoms with E-state index in [1.807, 2.05) is 4.57 Å². The van der Waals surface area contributed by atoms with E-state index in [1.54, 1.807) is 48.9 Å². The molecule has 2 aromatic carbocycles. The Bertz CT molecular complexity index is 2380. The highest BCUT2D eigenvalue weighted by Crippen LogP contribution is 2.45. The van der Waals surface area contributed by atoms with Gasteiger partial charge in [-0.15, -0.1) is 0 Å². The molecule has 1 unspecified atom stereocenters. The van der Waals surface area contributed by atoms with Crippen LogP contribution in [0.1, 0.15) is 95.6 Å². The van der Waals surface area contributed by atoms with Crippen LogP contribution >= 0.6 is 0 Å². The lowest BCUT2D eigenvalue weighted by Gasteiger charge is -2.41. The quantitative estimate of drug-likeness (QED) is 0.112. The molecule has 59 heavy (non-hydrogen) atoms. The van der Waals surface area contributed by atoms with Crippen LogP contribution in [0.5, 0.6) is 5.75 Å². The zero-order valence-electron chi connectivity index (χ0n) is 32.6. The number of imidazole rings is 1. The fourth-order valence-electron chi connectivity index (χ4n) is 8.47. The van der Waals surface area contributed by atoms with Gasteiger partial charge in [0.05, 0.1) is 37.3 Å². The first kappa shape index (κ1) is 39.0. The fraction of sp³-hybridized carbons (Fsp3) is 0.390. The fourth-order valence-corrected chi connectivity index (χ4v) is 8.47. The highest BCUT2D eigenvalue weighted by Gasteiger charge is 2.41. The van der Waals surface area contributed by atoms with Crippen molar-refractivity contribution >= 4 is 52.7 Å².